The van der Waals surface area contributed by atoms with Crippen LogP contribution >= 0.6 is 23.4 Å². The highest BCUT2D eigenvalue weighted by atomic mass is 35.5. The van der Waals surface area contributed by atoms with E-state index in [-0.39, 0.29) is 11.8 Å². The molecule has 0 aromatic rings. The third-order valence-electron chi connectivity index (χ3n) is 2.63. The van der Waals surface area contributed by atoms with Gasteiger partial charge in [-0.1, -0.05) is 6.42 Å². The smallest absolute Gasteiger partial charge is 0.211 e. The van der Waals surface area contributed by atoms with Crippen LogP contribution in [0.3, 0.4) is 0 Å². The fourth-order valence-corrected chi connectivity index (χ4v) is 4.58. The molecule has 90 valence electrons. The second-order valence-electron chi connectivity index (χ2n) is 3.79. The number of hydrogen-bond donors (Lipinski definition) is 1. The van der Waals surface area contributed by atoms with Crippen molar-refractivity contribution in [3.8, 4) is 0 Å². The Kier molecular flexibility index (Phi) is 5.74. The fourth-order valence-electron chi connectivity index (χ4n) is 1.88. The number of hydrogen-bond acceptors (Lipinski definition) is 3. The molecule has 0 aromatic carbocycles. The first-order chi connectivity index (χ1) is 7.09. The summed E-state index contributed by atoms with van der Waals surface area (Å²) < 4.78 is 26.0. The van der Waals surface area contributed by atoms with E-state index in [4.69, 9.17) is 11.6 Å². The molecule has 0 saturated heterocycles. The molecule has 0 amide bonds. The van der Waals surface area contributed by atoms with Crippen LogP contribution in [0.5, 0.6) is 0 Å². The fraction of sp³-hybridized carbons (Fsp3) is 1.00. The van der Waals surface area contributed by atoms with Crippen molar-refractivity contribution in [2.24, 2.45) is 0 Å². The molecule has 0 aromatic heterocycles. The van der Waals surface area contributed by atoms with E-state index >= 15 is 0 Å². The minimum absolute atomic E-state index is 0.125. The predicted molar refractivity (Wildman–Crippen MR) is 67.2 cm³/mol. The molecule has 1 aliphatic carbocycles. The second-order valence-corrected chi connectivity index (χ2v) is 7.12. The minimum Gasteiger partial charge on any atom is -0.212 e. The predicted octanol–water partition coefficient (Wildman–Crippen LogP) is 1.82. The maximum atomic E-state index is 11.6. The number of thioether (sulfide) groups is 1. The van der Waals surface area contributed by atoms with Crippen molar-refractivity contribution in [1.82, 2.24) is 4.72 Å². The molecule has 1 N–H and O–H groups in total. The SMILES string of the molecule is CSC1CCCC1NS(=O)(=O)CCCCl. The summed E-state index contributed by atoms with van der Waals surface area (Å²) in [6.07, 6.45) is 5.76. The Morgan fingerprint density at radius 1 is 1.47 bits per heavy atom. The Labute approximate surface area is 101 Å². The Hall–Kier alpha value is 0.550. The van der Waals surface area contributed by atoms with Crippen LogP contribution in [0.4, 0.5) is 0 Å². The second kappa shape index (κ2) is 6.33. The number of sulfonamides is 1. The first kappa shape index (κ1) is 13.6. The Bertz CT molecular complexity index is 282. The minimum atomic E-state index is -3.12. The van der Waals surface area contributed by atoms with Crippen LogP contribution < -0.4 is 4.72 Å². The van der Waals surface area contributed by atoms with Gasteiger partial charge in [0.05, 0.1) is 5.75 Å². The monoisotopic (exact) mass is 271 g/mol. The molecule has 1 aliphatic rings. The van der Waals surface area contributed by atoms with Crippen LogP contribution in [-0.2, 0) is 10.0 Å². The average molecular weight is 272 g/mol. The zero-order chi connectivity index (χ0) is 11.3. The van der Waals surface area contributed by atoms with Crippen molar-refractivity contribution < 1.29 is 8.42 Å². The highest BCUT2D eigenvalue weighted by Crippen LogP contribution is 2.28. The molecule has 0 aliphatic heterocycles. The lowest BCUT2D eigenvalue weighted by atomic mass is 10.3. The van der Waals surface area contributed by atoms with E-state index in [9.17, 15) is 8.42 Å². The summed E-state index contributed by atoms with van der Waals surface area (Å²) in [6.45, 7) is 0. The Morgan fingerprint density at radius 2 is 2.20 bits per heavy atom. The molecule has 3 nitrogen and oxygen atoms in total. The van der Waals surface area contributed by atoms with Gasteiger partial charge in [-0.05, 0) is 25.5 Å². The zero-order valence-corrected chi connectivity index (χ0v) is 11.3. The van der Waals surface area contributed by atoms with E-state index in [1.807, 2.05) is 6.26 Å². The standard InChI is InChI=1S/C9H18ClNO2S2/c1-14-9-5-2-4-8(9)11-15(12,13)7-3-6-10/h8-9,11H,2-7H2,1H3. The maximum absolute atomic E-state index is 11.6. The van der Waals surface area contributed by atoms with Crippen molar-refractivity contribution in [1.29, 1.82) is 0 Å². The lowest BCUT2D eigenvalue weighted by molar-refractivity contribution is 0.554. The largest absolute Gasteiger partial charge is 0.212 e. The van der Waals surface area contributed by atoms with E-state index < -0.39 is 10.0 Å². The molecule has 0 heterocycles. The molecule has 0 bridgehead atoms. The number of alkyl halides is 1. The summed E-state index contributed by atoms with van der Waals surface area (Å²) >= 11 is 7.24. The number of nitrogens with one attached hydrogen (secondary N) is 1. The first-order valence-electron chi connectivity index (χ1n) is 5.18. The Morgan fingerprint density at radius 3 is 2.80 bits per heavy atom. The van der Waals surface area contributed by atoms with Gasteiger partial charge in [-0.15, -0.1) is 11.6 Å². The molecule has 0 spiro atoms. The highest BCUT2D eigenvalue weighted by molar-refractivity contribution is 7.99. The summed E-state index contributed by atoms with van der Waals surface area (Å²) in [4.78, 5) is 0. The maximum Gasteiger partial charge on any atom is 0.211 e. The molecule has 1 saturated carbocycles. The van der Waals surface area contributed by atoms with Crippen molar-refractivity contribution in [3.05, 3.63) is 0 Å². The van der Waals surface area contributed by atoms with Gasteiger partial charge >= 0.3 is 0 Å². The van der Waals surface area contributed by atoms with Gasteiger partial charge in [0, 0.05) is 17.2 Å². The first-order valence-corrected chi connectivity index (χ1v) is 8.65. The van der Waals surface area contributed by atoms with Gasteiger partial charge in [-0.3, -0.25) is 0 Å². The van der Waals surface area contributed by atoms with Gasteiger partial charge < -0.3 is 0 Å². The molecule has 2 atom stereocenters. The molecule has 1 rings (SSSR count). The van der Waals surface area contributed by atoms with Crippen LogP contribution in [0.25, 0.3) is 0 Å². The van der Waals surface area contributed by atoms with Gasteiger partial charge in [0.25, 0.3) is 0 Å². The van der Waals surface area contributed by atoms with Gasteiger partial charge in [-0.2, -0.15) is 11.8 Å². The Balaban J connectivity index is 2.45. The van der Waals surface area contributed by atoms with Crippen LogP contribution in [0.2, 0.25) is 0 Å². The molecule has 0 radical (unpaired) electrons. The van der Waals surface area contributed by atoms with Gasteiger partial charge in [0.2, 0.25) is 10.0 Å². The molecule has 2 unspecified atom stereocenters. The summed E-state index contributed by atoms with van der Waals surface area (Å²) in [5.41, 5.74) is 0. The van der Waals surface area contributed by atoms with Crippen LogP contribution in [0, 0.1) is 0 Å². The topological polar surface area (TPSA) is 46.2 Å². The lowest BCUT2D eigenvalue weighted by Crippen LogP contribution is -2.39. The van der Waals surface area contributed by atoms with Crippen molar-refractivity contribution in [2.75, 3.05) is 17.9 Å². The molecule has 15 heavy (non-hydrogen) atoms. The molecule has 6 heteroatoms. The van der Waals surface area contributed by atoms with E-state index in [2.05, 4.69) is 4.72 Å². The summed E-state index contributed by atoms with van der Waals surface area (Å²) in [6, 6.07) is 0.125. The lowest BCUT2D eigenvalue weighted by Gasteiger charge is -2.18. The van der Waals surface area contributed by atoms with Crippen molar-refractivity contribution >= 4 is 33.4 Å². The number of rotatable bonds is 6. The average Bonchev–Trinajstić information content (AvgIpc) is 2.61. The van der Waals surface area contributed by atoms with Gasteiger partial charge in [-0.25, -0.2) is 13.1 Å². The van der Waals surface area contributed by atoms with Crippen LogP contribution in [-0.4, -0.2) is 37.6 Å². The van der Waals surface area contributed by atoms with E-state index in [0.717, 1.165) is 19.3 Å². The van der Waals surface area contributed by atoms with Crippen molar-refractivity contribution in [2.45, 2.75) is 37.0 Å². The molecule has 1 fully saturated rings. The summed E-state index contributed by atoms with van der Waals surface area (Å²) in [5, 5.41) is 0.441. The van der Waals surface area contributed by atoms with Gasteiger partial charge in [0.1, 0.15) is 0 Å². The van der Waals surface area contributed by atoms with Gasteiger partial charge in [0.15, 0.2) is 0 Å². The molecular formula is C9H18ClNO2S2. The van der Waals surface area contributed by atoms with Crippen LogP contribution in [0.1, 0.15) is 25.7 Å². The summed E-state index contributed by atoms with van der Waals surface area (Å²) in [5.74, 6) is 0.547. The van der Waals surface area contributed by atoms with E-state index in [1.165, 1.54) is 0 Å². The zero-order valence-electron chi connectivity index (χ0n) is 8.91. The third-order valence-corrected chi connectivity index (χ3v) is 5.56. The highest BCUT2D eigenvalue weighted by Gasteiger charge is 2.29. The van der Waals surface area contributed by atoms with Crippen LogP contribution in [0.15, 0.2) is 0 Å². The molecular weight excluding hydrogens is 254 g/mol. The number of halogens is 1. The quantitative estimate of drug-likeness (QED) is 0.750. The third kappa shape index (κ3) is 4.51. The summed E-state index contributed by atoms with van der Waals surface area (Å²) in [7, 11) is -3.12. The van der Waals surface area contributed by atoms with Crippen molar-refractivity contribution in [3.63, 3.8) is 0 Å². The van der Waals surface area contributed by atoms with E-state index in [1.54, 1.807) is 11.8 Å². The normalized spacial score (nSPS) is 27.1. The van der Waals surface area contributed by atoms with E-state index in [0.29, 0.717) is 17.6 Å².